The number of benzene rings is 4. The highest BCUT2D eigenvalue weighted by molar-refractivity contribution is 9.10. The Morgan fingerprint density at radius 2 is 1.50 bits per heavy atom. The molecule has 0 unspecified atom stereocenters. The number of nitrogens with zero attached hydrogens (tertiary/aromatic N) is 1. The summed E-state index contributed by atoms with van der Waals surface area (Å²) in [5.41, 5.74) is 1.95. The Labute approximate surface area is 264 Å². The van der Waals surface area contributed by atoms with Gasteiger partial charge in [0.05, 0.1) is 5.69 Å². The van der Waals surface area contributed by atoms with Crippen molar-refractivity contribution in [2.75, 3.05) is 4.90 Å². The minimum atomic E-state index is -0.866. The van der Waals surface area contributed by atoms with Gasteiger partial charge in [0.1, 0.15) is 30.3 Å². The highest BCUT2D eigenvalue weighted by Crippen LogP contribution is 2.30. The first-order valence-corrected chi connectivity index (χ1v) is 14.4. The predicted octanol–water partition coefficient (Wildman–Crippen LogP) is 8.23. The van der Waals surface area contributed by atoms with Gasteiger partial charge in [0, 0.05) is 36.2 Å². The lowest BCUT2D eigenvalue weighted by Crippen LogP contribution is -2.54. The summed E-state index contributed by atoms with van der Waals surface area (Å²) in [6.45, 7) is 0.355. The monoisotopic (exact) mass is 684 g/mol. The van der Waals surface area contributed by atoms with E-state index in [1.807, 2.05) is 18.2 Å². The van der Waals surface area contributed by atoms with Crippen molar-refractivity contribution in [2.45, 2.75) is 13.2 Å². The third-order valence-corrected chi connectivity index (χ3v) is 7.67. The fourth-order valence-corrected chi connectivity index (χ4v) is 5.11. The second-order valence-electron chi connectivity index (χ2n) is 9.04. The van der Waals surface area contributed by atoms with Crippen LogP contribution in [0, 0.1) is 0 Å². The van der Waals surface area contributed by atoms with Crippen molar-refractivity contribution in [1.82, 2.24) is 5.32 Å². The molecule has 0 aromatic heterocycles. The van der Waals surface area contributed by atoms with Gasteiger partial charge in [0.15, 0.2) is 0 Å². The number of barbiturate groups is 1. The van der Waals surface area contributed by atoms with Gasteiger partial charge in [0.25, 0.3) is 11.8 Å². The molecule has 1 N–H and O–H groups in total. The lowest BCUT2D eigenvalue weighted by Gasteiger charge is -2.26. The van der Waals surface area contributed by atoms with E-state index < -0.39 is 17.8 Å². The molecule has 42 heavy (non-hydrogen) atoms. The number of hydrogen-bond acceptors (Lipinski definition) is 5. The van der Waals surface area contributed by atoms with Gasteiger partial charge in [-0.1, -0.05) is 75.0 Å². The first-order chi connectivity index (χ1) is 20.2. The topological polar surface area (TPSA) is 84.9 Å². The highest BCUT2D eigenvalue weighted by atomic mass is 79.9. The van der Waals surface area contributed by atoms with Crippen LogP contribution in [-0.4, -0.2) is 17.8 Å². The second-order valence-corrected chi connectivity index (χ2v) is 11.2. The molecule has 4 aromatic carbocycles. The van der Waals surface area contributed by atoms with E-state index in [4.69, 9.17) is 44.3 Å². The molecule has 1 aliphatic heterocycles. The van der Waals surface area contributed by atoms with E-state index in [9.17, 15) is 14.4 Å². The summed E-state index contributed by atoms with van der Waals surface area (Å²) in [5, 5.41) is 3.75. The summed E-state index contributed by atoms with van der Waals surface area (Å²) in [7, 11) is 0. The van der Waals surface area contributed by atoms with Gasteiger partial charge < -0.3 is 9.47 Å². The van der Waals surface area contributed by atoms with Gasteiger partial charge >= 0.3 is 6.03 Å². The van der Waals surface area contributed by atoms with Crippen molar-refractivity contribution in [3.8, 4) is 11.5 Å². The molecular weight excluding hydrogens is 667 g/mol. The Kier molecular flexibility index (Phi) is 9.18. The Hall–Kier alpha value is -3.82. The van der Waals surface area contributed by atoms with Crippen LogP contribution in [0.15, 0.2) is 95.0 Å². The van der Waals surface area contributed by atoms with Crippen LogP contribution in [0.2, 0.25) is 15.1 Å². The summed E-state index contributed by atoms with van der Waals surface area (Å²) in [5.74, 6) is -0.722. The number of ether oxygens (including phenoxy) is 2. The van der Waals surface area contributed by atoms with Gasteiger partial charge in [-0.3, -0.25) is 14.9 Å². The quantitative estimate of drug-likeness (QED) is 0.149. The van der Waals surface area contributed by atoms with Crippen LogP contribution in [0.1, 0.15) is 16.7 Å². The molecule has 5 rings (SSSR count). The number of urea groups is 1. The van der Waals surface area contributed by atoms with E-state index in [1.165, 1.54) is 6.08 Å². The molecule has 7 nitrogen and oxygen atoms in total. The number of rotatable bonds is 8. The summed E-state index contributed by atoms with van der Waals surface area (Å²) in [6, 6.07) is 23.0. The highest BCUT2D eigenvalue weighted by Gasteiger charge is 2.37. The van der Waals surface area contributed by atoms with Gasteiger partial charge in [-0.2, -0.15) is 0 Å². The summed E-state index contributed by atoms with van der Waals surface area (Å²) in [6.07, 6.45) is 1.38. The zero-order valence-corrected chi connectivity index (χ0v) is 25.4. The van der Waals surface area contributed by atoms with E-state index in [-0.39, 0.29) is 24.5 Å². The third kappa shape index (κ3) is 6.79. The molecule has 1 saturated heterocycles. The molecule has 1 fully saturated rings. The van der Waals surface area contributed by atoms with Gasteiger partial charge in [-0.15, -0.1) is 0 Å². The van der Waals surface area contributed by atoms with Gasteiger partial charge in [-0.05, 0) is 66.7 Å². The average molecular weight is 687 g/mol. The number of imide groups is 2. The van der Waals surface area contributed by atoms with E-state index in [1.54, 1.807) is 66.7 Å². The normalized spacial score (nSPS) is 14.2. The van der Waals surface area contributed by atoms with Crippen molar-refractivity contribution in [3.05, 3.63) is 127 Å². The van der Waals surface area contributed by atoms with Crippen molar-refractivity contribution in [1.29, 1.82) is 0 Å². The van der Waals surface area contributed by atoms with Gasteiger partial charge in [-0.25, -0.2) is 9.69 Å². The number of anilines is 1. The lowest BCUT2D eigenvalue weighted by molar-refractivity contribution is -0.122. The average Bonchev–Trinajstić information content (AvgIpc) is 2.96. The van der Waals surface area contributed by atoms with Crippen LogP contribution < -0.4 is 19.7 Å². The first kappa shape index (κ1) is 29.7. The number of carbonyl (C=O) groups excluding carboxylic acids is 3. The van der Waals surface area contributed by atoms with E-state index in [0.717, 1.165) is 10.5 Å². The number of amides is 4. The number of nitrogens with one attached hydrogen (secondary N) is 1. The maximum absolute atomic E-state index is 13.5. The van der Waals surface area contributed by atoms with Crippen molar-refractivity contribution in [2.24, 2.45) is 0 Å². The standard InChI is InChI=1S/C31H20BrCl3N2O5/c32-21-6-12-28(42-17-19-5-7-22(33)15-27(19)35)20(13-21)14-25-29(38)36-31(40)37(30(25)39)23-8-10-24(11-9-23)41-16-18-3-1-2-4-26(18)34/h1-15H,16-17H2,(H,36,38,40)/b25-14+. The van der Waals surface area contributed by atoms with Gasteiger partial charge in [0.2, 0.25) is 0 Å². The smallest absolute Gasteiger partial charge is 0.335 e. The second kappa shape index (κ2) is 13.0. The Morgan fingerprint density at radius 1 is 0.786 bits per heavy atom. The Balaban J connectivity index is 1.37. The first-order valence-electron chi connectivity index (χ1n) is 12.4. The molecule has 0 bridgehead atoms. The third-order valence-electron chi connectivity index (χ3n) is 6.22. The molecule has 1 aliphatic rings. The fraction of sp³-hybridized carbons (Fsp3) is 0.0645. The molecule has 0 spiro atoms. The number of hydrogen-bond donors (Lipinski definition) is 1. The van der Waals surface area contributed by atoms with Crippen molar-refractivity contribution in [3.63, 3.8) is 0 Å². The molecule has 11 heteroatoms. The van der Waals surface area contributed by atoms with E-state index in [0.29, 0.717) is 42.2 Å². The maximum atomic E-state index is 13.5. The van der Waals surface area contributed by atoms with Crippen molar-refractivity contribution >= 4 is 80.3 Å². The lowest BCUT2D eigenvalue weighted by atomic mass is 10.1. The molecule has 4 amide bonds. The molecule has 0 radical (unpaired) electrons. The zero-order chi connectivity index (χ0) is 29.8. The van der Waals surface area contributed by atoms with Crippen LogP contribution in [0.3, 0.4) is 0 Å². The summed E-state index contributed by atoms with van der Waals surface area (Å²) < 4.78 is 12.5. The molecule has 212 valence electrons. The SMILES string of the molecule is O=C1NC(=O)N(c2ccc(OCc3ccccc3Cl)cc2)C(=O)/C1=C/c1cc(Br)ccc1OCc1ccc(Cl)cc1Cl. The molecule has 0 atom stereocenters. The van der Waals surface area contributed by atoms with Crippen LogP contribution in [0.25, 0.3) is 6.08 Å². The molecule has 1 heterocycles. The van der Waals surface area contributed by atoms with Crippen LogP contribution in [0.4, 0.5) is 10.5 Å². The van der Waals surface area contributed by atoms with Crippen LogP contribution in [-0.2, 0) is 22.8 Å². The molecular formula is C31H20BrCl3N2O5. The predicted molar refractivity (Wildman–Crippen MR) is 166 cm³/mol. The van der Waals surface area contributed by atoms with Crippen LogP contribution >= 0.6 is 50.7 Å². The fourth-order valence-electron chi connectivity index (χ4n) is 4.07. The Bertz CT molecular complexity index is 1730. The maximum Gasteiger partial charge on any atom is 0.335 e. The summed E-state index contributed by atoms with van der Waals surface area (Å²) in [4.78, 5) is 39.9. The largest absolute Gasteiger partial charge is 0.489 e. The molecule has 0 aliphatic carbocycles. The molecule has 0 saturated carbocycles. The van der Waals surface area contributed by atoms with Crippen molar-refractivity contribution < 1.29 is 23.9 Å². The number of halogens is 4. The number of carbonyl (C=O) groups is 3. The minimum Gasteiger partial charge on any atom is -0.489 e. The van der Waals surface area contributed by atoms with Crippen LogP contribution in [0.5, 0.6) is 11.5 Å². The van der Waals surface area contributed by atoms with E-state index >= 15 is 0 Å². The molecule has 4 aromatic rings. The summed E-state index contributed by atoms with van der Waals surface area (Å²) >= 11 is 21.9. The van der Waals surface area contributed by atoms with E-state index in [2.05, 4.69) is 21.2 Å². The zero-order valence-electron chi connectivity index (χ0n) is 21.6. The minimum absolute atomic E-state index is 0.115. The Morgan fingerprint density at radius 3 is 2.24 bits per heavy atom.